The molecule has 5 nitrogen and oxygen atoms in total. The summed E-state index contributed by atoms with van der Waals surface area (Å²) in [4.78, 5) is 37.2. The molecule has 0 aromatic heterocycles. The van der Waals surface area contributed by atoms with Gasteiger partial charge in [-0.2, -0.15) is 0 Å². The first-order chi connectivity index (χ1) is 13.5. The average molecular weight is 485 g/mol. The van der Waals surface area contributed by atoms with E-state index in [1.165, 1.54) is 6.07 Å². The lowest BCUT2D eigenvalue weighted by Gasteiger charge is -2.10. The Labute approximate surface area is 175 Å². The van der Waals surface area contributed by atoms with Gasteiger partial charge < -0.3 is 10.1 Å². The summed E-state index contributed by atoms with van der Waals surface area (Å²) in [5.41, 5.74) is 1.45. The van der Waals surface area contributed by atoms with Crippen LogP contribution in [0.1, 0.15) is 26.3 Å². The van der Waals surface area contributed by atoms with Crippen molar-refractivity contribution in [1.82, 2.24) is 0 Å². The molecule has 0 aliphatic heterocycles. The lowest BCUT2D eigenvalue weighted by molar-refractivity contribution is -0.119. The first-order valence-electron chi connectivity index (χ1n) is 8.46. The van der Waals surface area contributed by atoms with Crippen molar-refractivity contribution in [2.75, 3.05) is 11.9 Å². The van der Waals surface area contributed by atoms with Crippen LogP contribution in [0.3, 0.4) is 0 Å². The van der Waals surface area contributed by atoms with Gasteiger partial charge in [0.25, 0.3) is 5.91 Å². The van der Waals surface area contributed by atoms with Crippen LogP contribution in [0, 0.1) is 3.57 Å². The van der Waals surface area contributed by atoms with Crippen LogP contribution < -0.4 is 5.32 Å². The van der Waals surface area contributed by atoms with E-state index in [9.17, 15) is 14.4 Å². The van der Waals surface area contributed by atoms with E-state index in [2.05, 4.69) is 27.9 Å². The van der Waals surface area contributed by atoms with E-state index in [1.807, 2.05) is 18.2 Å². The highest BCUT2D eigenvalue weighted by atomic mass is 127. The van der Waals surface area contributed by atoms with Crippen LogP contribution in [0.5, 0.6) is 0 Å². The minimum Gasteiger partial charge on any atom is -0.452 e. The minimum absolute atomic E-state index is 0.124. The van der Waals surface area contributed by atoms with Gasteiger partial charge in [0.05, 0.1) is 5.56 Å². The molecule has 0 saturated heterocycles. The summed E-state index contributed by atoms with van der Waals surface area (Å²) in [6, 6.07) is 22.3. The monoisotopic (exact) mass is 485 g/mol. The molecule has 3 rings (SSSR count). The average Bonchev–Trinajstić information content (AvgIpc) is 2.72. The summed E-state index contributed by atoms with van der Waals surface area (Å²) in [7, 11) is 0. The molecule has 0 heterocycles. The number of hydrogen-bond donors (Lipinski definition) is 1. The van der Waals surface area contributed by atoms with Gasteiger partial charge in [-0.3, -0.25) is 9.59 Å². The number of rotatable bonds is 6. The first-order valence-corrected chi connectivity index (χ1v) is 9.54. The number of ether oxygens (including phenoxy) is 1. The third-order valence-electron chi connectivity index (χ3n) is 3.87. The fourth-order valence-corrected chi connectivity index (χ4v) is 3.12. The lowest BCUT2D eigenvalue weighted by Crippen LogP contribution is -2.22. The van der Waals surface area contributed by atoms with Crippen LogP contribution in [0.25, 0.3) is 0 Å². The number of nitrogens with one attached hydrogen (secondary N) is 1. The summed E-state index contributed by atoms with van der Waals surface area (Å²) in [6.45, 7) is -0.446. The predicted molar refractivity (Wildman–Crippen MR) is 114 cm³/mol. The molecule has 0 bridgehead atoms. The fourth-order valence-electron chi connectivity index (χ4n) is 2.58. The first kappa shape index (κ1) is 19.8. The third kappa shape index (κ3) is 5.04. The molecule has 1 amide bonds. The number of ketones is 1. The van der Waals surface area contributed by atoms with Crippen molar-refractivity contribution in [3.8, 4) is 0 Å². The van der Waals surface area contributed by atoms with Gasteiger partial charge in [0.15, 0.2) is 12.4 Å². The maximum atomic E-state index is 12.7. The van der Waals surface area contributed by atoms with E-state index in [4.69, 9.17) is 4.74 Å². The van der Waals surface area contributed by atoms with Crippen LogP contribution in [0.15, 0.2) is 78.9 Å². The van der Waals surface area contributed by atoms with Gasteiger partial charge in [-0.15, -0.1) is 0 Å². The molecule has 6 heteroatoms. The lowest BCUT2D eigenvalue weighted by atomic mass is 9.98. The molecule has 0 spiro atoms. The molecular formula is C22H16INO4. The Morgan fingerprint density at radius 1 is 0.821 bits per heavy atom. The number of amides is 1. The summed E-state index contributed by atoms with van der Waals surface area (Å²) >= 11 is 2.14. The zero-order valence-electron chi connectivity index (χ0n) is 14.7. The quantitative estimate of drug-likeness (QED) is 0.321. The number of carbonyl (C=O) groups is 3. The molecule has 0 atom stereocenters. The molecule has 3 aromatic rings. The molecule has 0 radical (unpaired) electrons. The third-order valence-corrected chi connectivity index (χ3v) is 4.54. The van der Waals surface area contributed by atoms with Gasteiger partial charge >= 0.3 is 5.97 Å². The molecule has 0 unspecified atom stereocenters. The smallest absolute Gasteiger partial charge is 0.339 e. The Kier molecular flexibility index (Phi) is 6.54. The van der Waals surface area contributed by atoms with Crippen LogP contribution in [0.4, 0.5) is 5.69 Å². The number of esters is 1. The van der Waals surface area contributed by atoms with Crippen molar-refractivity contribution in [1.29, 1.82) is 0 Å². The molecule has 1 N–H and O–H groups in total. The van der Waals surface area contributed by atoms with Crippen LogP contribution >= 0.6 is 22.6 Å². The molecule has 140 valence electrons. The Balaban J connectivity index is 1.68. The van der Waals surface area contributed by atoms with E-state index >= 15 is 0 Å². The van der Waals surface area contributed by atoms with Gasteiger partial charge in [0.1, 0.15) is 0 Å². The Bertz CT molecular complexity index is 1020. The highest BCUT2D eigenvalue weighted by Gasteiger charge is 2.19. The molecule has 0 aliphatic rings. The second-order valence-corrected chi connectivity index (χ2v) is 7.12. The van der Waals surface area contributed by atoms with Crippen LogP contribution in [0.2, 0.25) is 0 Å². The number of halogens is 1. The second-order valence-electron chi connectivity index (χ2n) is 5.88. The van der Waals surface area contributed by atoms with Crippen molar-refractivity contribution in [3.05, 3.63) is 99.1 Å². The van der Waals surface area contributed by atoms with Gasteiger partial charge in [-0.25, -0.2) is 4.79 Å². The van der Waals surface area contributed by atoms with E-state index in [-0.39, 0.29) is 16.9 Å². The highest BCUT2D eigenvalue weighted by Crippen LogP contribution is 2.16. The van der Waals surface area contributed by atoms with Crippen molar-refractivity contribution >= 4 is 45.9 Å². The van der Waals surface area contributed by atoms with Crippen molar-refractivity contribution in [2.24, 2.45) is 0 Å². The van der Waals surface area contributed by atoms with Crippen molar-refractivity contribution in [2.45, 2.75) is 0 Å². The zero-order valence-corrected chi connectivity index (χ0v) is 16.9. The van der Waals surface area contributed by atoms with Gasteiger partial charge in [0.2, 0.25) is 0 Å². The van der Waals surface area contributed by atoms with Gasteiger partial charge in [-0.1, -0.05) is 54.6 Å². The highest BCUT2D eigenvalue weighted by molar-refractivity contribution is 14.1. The Hall–Kier alpha value is -3.00. The fraction of sp³-hybridized carbons (Fsp3) is 0.0455. The molecular weight excluding hydrogens is 469 g/mol. The normalized spacial score (nSPS) is 10.2. The molecule has 3 aromatic carbocycles. The minimum atomic E-state index is -0.724. The SMILES string of the molecule is O=C(COC(=O)c1ccccc1C(=O)c1ccccc1)Nc1cccc(I)c1. The number of carbonyl (C=O) groups excluding carboxylic acids is 3. The number of benzene rings is 3. The van der Waals surface area contributed by atoms with Crippen molar-refractivity contribution < 1.29 is 19.1 Å². The standard InChI is InChI=1S/C22H16INO4/c23-16-9-6-10-17(13-16)24-20(25)14-28-22(27)19-12-5-4-11-18(19)21(26)15-7-2-1-3-8-15/h1-13H,14H2,(H,24,25). The van der Waals surface area contributed by atoms with Crippen LogP contribution in [-0.4, -0.2) is 24.3 Å². The maximum Gasteiger partial charge on any atom is 0.339 e. The summed E-state index contributed by atoms with van der Waals surface area (Å²) in [5, 5.41) is 2.66. The van der Waals surface area contributed by atoms with E-state index in [0.29, 0.717) is 11.3 Å². The summed E-state index contributed by atoms with van der Waals surface area (Å²) < 4.78 is 6.09. The second kappa shape index (κ2) is 9.27. The predicted octanol–water partition coefficient (Wildman–Crippen LogP) is 4.32. The summed E-state index contributed by atoms with van der Waals surface area (Å²) in [5.74, 6) is -1.46. The Morgan fingerprint density at radius 2 is 1.50 bits per heavy atom. The molecule has 0 fully saturated rings. The summed E-state index contributed by atoms with van der Waals surface area (Å²) in [6.07, 6.45) is 0. The number of hydrogen-bond acceptors (Lipinski definition) is 4. The van der Waals surface area contributed by atoms with Gasteiger partial charge in [-0.05, 0) is 46.9 Å². The topological polar surface area (TPSA) is 72.5 Å². The zero-order chi connectivity index (χ0) is 19.9. The Morgan fingerprint density at radius 3 is 2.21 bits per heavy atom. The maximum absolute atomic E-state index is 12.7. The molecule has 0 saturated carbocycles. The molecule has 28 heavy (non-hydrogen) atoms. The van der Waals surface area contributed by atoms with Crippen molar-refractivity contribution in [3.63, 3.8) is 0 Å². The van der Waals surface area contributed by atoms with Crippen LogP contribution in [-0.2, 0) is 9.53 Å². The van der Waals surface area contributed by atoms with E-state index in [0.717, 1.165) is 3.57 Å². The van der Waals surface area contributed by atoms with E-state index < -0.39 is 18.5 Å². The largest absolute Gasteiger partial charge is 0.452 e. The van der Waals surface area contributed by atoms with Gasteiger partial charge in [0, 0.05) is 20.4 Å². The molecule has 0 aliphatic carbocycles. The number of anilines is 1. The van der Waals surface area contributed by atoms with E-state index in [1.54, 1.807) is 54.6 Å².